The van der Waals surface area contributed by atoms with Crippen molar-refractivity contribution < 1.29 is 0 Å². The maximum absolute atomic E-state index is 6.03. The van der Waals surface area contributed by atoms with E-state index in [1.165, 1.54) is 25.7 Å². The van der Waals surface area contributed by atoms with Gasteiger partial charge in [-0.2, -0.15) is 0 Å². The van der Waals surface area contributed by atoms with Crippen molar-refractivity contribution in [2.75, 3.05) is 11.2 Å². The van der Waals surface area contributed by atoms with Crippen molar-refractivity contribution in [3.63, 3.8) is 0 Å². The summed E-state index contributed by atoms with van der Waals surface area (Å²) in [5, 5.41) is 3.51. The number of hydrogen-bond acceptors (Lipinski definition) is 2. The second kappa shape index (κ2) is 6.39. The maximum atomic E-state index is 6.03. The van der Waals surface area contributed by atoms with E-state index in [0.717, 1.165) is 20.6 Å². The van der Waals surface area contributed by atoms with E-state index in [0.29, 0.717) is 12.0 Å². The van der Waals surface area contributed by atoms with E-state index in [2.05, 4.69) is 42.2 Å². The highest BCUT2D eigenvalue weighted by atomic mass is 79.9. The second-order valence-corrected chi connectivity index (χ2v) is 6.51. The van der Waals surface area contributed by atoms with Gasteiger partial charge in [0.15, 0.2) is 0 Å². The van der Waals surface area contributed by atoms with Gasteiger partial charge in [0.05, 0.1) is 4.47 Å². The minimum atomic E-state index is 0.450. The van der Waals surface area contributed by atoms with E-state index in [-0.39, 0.29) is 0 Å². The predicted octanol–water partition coefficient (Wildman–Crippen LogP) is 4.82. The van der Waals surface area contributed by atoms with Gasteiger partial charge in [-0.1, -0.05) is 12.8 Å². The molecule has 2 atom stereocenters. The van der Waals surface area contributed by atoms with E-state index in [4.69, 9.17) is 11.6 Å². The van der Waals surface area contributed by atoms with Crippen molar-refractivity contribution in [1.82, 2.24) is 4.98 Å². The highest BCUT2D eigenvalue weighted by Crippen LogP contribution is 2.30. The molecule has 2 rings (SSSR count). The summed E-state index contributed by atoms with van der Waals surface area (Å²) < 4.78 is 1.97. The van der Waals surface area contributed by atoms with Crippen LogP contribution >= 0.6 is 43.5 Å². The van der Waals surface area contributed by atoms with Gasteiger partial charge in [-0.25, -0.2) is 4.98 Å². The number of anilines is 1. The smallest absolute Gasteiger partial charge is 0.140 e. The fourth-order valence-electron chi connectivity index (χ4n) is 2.28. The quantitative estimate of drug-likeness (QED) is 0.759. The summed E-state index contributed by atoms with van der Waals surface area (Å²) in [5.74, 6) is 2.20. The van der Waals surface area contributed by atoms with E-state index < -0.39 is 0 Å². The van der Waals surface area contributed by atoms with Gasteiger partial charge in [-0.3, -0.25) is 0 Å². The first-order chi connectivity index (χ1) is 8.20. The molecule has 1 fully saturated rings. The Balaban J connectivity index is 2.08. The van der Waals surface area contributed by atoms with E-state index >= 15 is 0 Å². The lowest BCUT2D eigenvalue weighted by molar-refractivity contribution is 0.352. The lowest BCUT2D eigenvalue weighted by Crippen LogP contribution is -2.33. The summed E-state index contributed by atoms with van der Waals surface area (Å²) in [4.78, 5) is 4.39. The molecule has 1 aromatic heterocycles. The Hall–Kier alpha value is 0.200. The Morgan fingerprint density at radius 3 is 2.82 bits per heavy atom. The number of nitrogens with one attached hydrogen (secondary N) is 1. The summed E-state index contributed by atoms with van der Waals surface area (Å²) in [7, 11) is 0. The van der Waals surface area contributed by atoms with Crippen LogP contribution in [0.2, 0.25) is 0 Å². The third-order valence-corrected chi connectivity index (χ3v) is 4.67. The highest BCUT2D eigenvalue weighted by Gasteiger charge is 2.24. The van der Waals surface area contributed by atoms with Gasteiger partial charge >= 0.3 is 0 Å². The second-order valence-electron chi connectivity index (χ2n) is 4.43. The van der Waals surface area contributed by atoms with Gasteiger partial charge < -0.3 is 5.32 Å². The average Bonchev–Trinajstić information content (AvgIpc) is 2.33. The molecule has 0 aliphatic heterocycles. The summed E-state index contributed by atoms with van der Waals surface area (Å²) in [6.07, 6.45) is 6.78. The SMILES string of the molecule is ClCC1CCCCC1Nc1ncc(Br)cc1Br. The van der Waals surface area contributed by atoms with Crippen LogP contribution in [0, 0.1) is 5.92 Å². The first kappa shape index (κ1) is 13.6. The zero-order valence-electron chi connectivity index (χ0n) is 9.43. The van der Waals surface area contributed by atoms with Crippen LogP contribution in [0.1, 0.15) is 25.7 Å². The molecule has 0 amide bonds. The number of pyridine rings is 1. The molecule has 1 heterocycles. The van der Waals surface area contributed by atoms with E-state index in [1.54, 1.807) is 0 Å². The lowest BCUT2D eigenvalue weighted by Gasteiger charge is -2.31. The van der Waals surface area contributed by atoms with Crippen LogP contribution in [0.3, 0.4) is 0 Å². The predicted molar refractivity (Wildman–Crippen MR) is 79.7 cm³/mol. The van der Waals surface area contributed by atoms with Crippen molar-refractivity contribution in [3.05, 3.63) is 21.2 Å². The summed E-state index contributed by atoms with van der Waals surface area (Å²) >= 11 is 13.0. The third kappa shape index (κ3) is 3.58. The number of halogens is 3. The van der Waals surface area contributed by atoms with Crippen LogP contribution in [0.25, 0.3) is 0 Å². The molecule has 0 spiro atoms. The lowest BCUT2D eigenvalue weighted by atomic mass is 9.86. The van der Waals surface area contributed by atoms with Gasteiger partial charge in [-0.05, 0) is 56.7 Å². The zero-order valence-corrected chi connectivity index (χ0v) is 13.4. The minimum Gasteiger partial charge on any atom is -0.366 e. The van der Waals surface area contributed by atoms with Crippen LogP contribution in [-0.4, -0.2) is 16.9 Å². The number of nitrogens with zero attached hydrogens (tertiary/aromatic N) is 1. The molecule has 0 aromatic carbocycles. The molecule has 1 saturated carbocycles. The van der Waals surface area contributed by atoms with Gasteiger partial charge in [0, 0.05) is 22.6 Å². The Morgan fingerprint density at radius 2 is 2.12 bits per heavy atom. The van der Waals surface area contributed by atoms with Crippen molar-refractivity contribution in [2.24, 2.45) is 5.92 Å². The van der Waals surface area contributed by atoms with Crippen LogP contribution in [-0.2, 0) is 0 Å². The van der Waals surface area contributed by atoms with Crippen molar-refractivity contribution >= 4 is 49.3 Å². The first-order valence-corrected chi connectivity index (χ1v) is 7.96. The van der Waals surface area contributed by atoms with Crippen LogP contribution < -0.4 is 5.32 Å². The summed E-state index contributed by atoms with van der Waals surface area (Å²) in [6, 6.07) is 2.46. The number of alkyl halides is 1. The Kier molecular flexibility index (Phi) is 5.12. The largest absolute Gasteiger partial charge is 0.366 e. The van der Waals surface area contributed by atoms with Crippen molar-refractivity contribution in [1.29, 1.82) is 0 Å². The molecule has 2 unspecified atom stereocenters. The molecule has 0 saturated heterocycles. The van der Waals surface area contributed by atoms with Crippen LogP contribution in [0.5, 0.6) is 0 Å². The van der Waals surface area contributed by atoms with E-state index in [9.17, 15) is 0 Å². The number of aromatic nitrogens is 1. The van der Waals surface area contributed by atoms with Gasteiger partial charge in [-0.15, -0.1) is 11.6 Å². The maximum Gasteiger partial charge on any atom is 0.140 e. The third-order valence-electron chi connectivity index (χ3n) is 3.24. The van der Waals surface area contributed by atoms with Crippen molar-refractivity contribution in [2.45, 2.75) is 31.7 Å². The normalized spacial score (nSPS) is 24.6. The molecular weight excluding hydrogens is 367 g/mol. The molecular formula is C12H15Br2ClN2. The molecule has 1 aliphatic rings. The molecule has 0 radical (unpaired) electrons. The Morgan fingerprint density at radius 1 is 1.35 bits per heavy atom. The Labute approximate surface area is 124 Å². The number of rotatable bonds is 3. The molecule has 17 heavy (non-hydrogen) atoms. The topological polar surface area (TPSA) is 24.9 Å². The zero-order chi connectivity index (χ0) is 12.3. The fraction of sp³-hybridized carbons (Fsp3) is 0.583. The standard InChI is InChI=1S/C12H15Br2ClN2/c13-9-5-10(14)12(16-7-9)17-11-4-2-1-3-8(11)6-15/h5,7-8,11H,1-4,6H2,(H,16,17). The molecule has 1 N–H and O–H groups in total. The molecule has 1 aromatic rings. The van der Waals surface area contributed by atoms with Crippen LogP contribution in [0.15, 0.2) is 21.2 Å². The summed E-state index contributed by atoms with van der Waals surface area (Å²) in [6.45, 7) is 0. The molecule has 1 aliphatic carbocycles. The first-order valence-electron chi connectivity index (χ1n) is 5.84. The molecule has 94 valence electrons. The highest BCUT2D eigenvalue weighted by molar-refractivity contribution is 9.11. The summed E-state index contributed by atoms with van der Waals surface area (Å²) in [5.41, 5.74) is 0. The molecule has 0 bridgehead atoms. The molecule has 2 nitrogen and oxygen atoms in total. The fourth-order valence-corrected chi connectivity index (χ4v) is 3.75. The van der Waals surface area contributed by atoms with Crippen LogP contribution in [0.4, 0.5) is 5.82 Å². The van der Waals surface area contributed by atoms with E-state index in [1.807, 2.05) is 12.3 Å². The Bertz CT molecular complexity index is 387. The minimum absolute atomic E-state index is 0.450. The van der Waals surface area contributed by atoms with Gasteiger partial charge in [0.2, 0.25) is 0 Å². The van der Waals surface area contributed by atoms with Crippen molar-refractivity contribution in [3.8, 4) is 0 Å². The average molecular weight is 383 g/mol. The monoisotopic (exact) mass is 380 g/mol. The van der Waals surface area contributed by atoms with Gasteiger partial charge in [0.1, 0.15) is 5.82 Å². The van der Waals surface area contributed by atoms with Gasteiger partial charge in [0.25, 0.3) is 0 Å². The number of hydrogen-bond donors (Lipinski definition) is 1. The molecule has 5 heteroatoms.